The SMILES string of the molecule is C=CC(=C/C)/C(=N\C)c1ncccc1C. The van der Waals surface area contributed by atoms with Crippen molar-refractivity contribution in [2.24, 2.45) is 4.99 Å². The van der Waals surface area contributed by atoms with Gasteiger partial charge in [-0.25, -0.2) is 0 Å². The van der Waals surface area contributed by atoms with E-state index in [-0.39, 0.29) is 0 Å². The summed E-state index contributed by atoms with van der Waals surface area (Å²) >= 11 is 0. The molecule has 0 unspecified atom stereocenters. The highest BCUT2D eigenvalue weighted by Crippen LogP contribution is 2.12. The smallest absolute Gasteiger partial charge is 0.0916 e. The molecular weight excluding hydrogens is 184 g/mol. The van der Waals surface area contributed by atoms with E-state index in [0.29, 0.717) is 0 Å². The average molecular weight is 200 g/mol. The molecule has 0 saturated heterocycles. The summed E-state index contributed by atoms with van der Waals surface area (Å²) in [5, 5.41) is 0. The van der Waals surface area contributed by atoms with Crippen LogP contribution in [0.2, 0.25) is 0 Å². The second kappa shape index (κ2) is 5.25. The van der Waals surface area contributed by atoms with E-state index in [1.807, 2.05) is 32.1 Å². The first-order valence-electron chi connectivity index (χ1n) is 4.92. The lowest BCUT2D eigenvalue weighted by Gasteiger charge is -2.08. The molecule has 1 aromatic heterocycles. The van der Waals surface area contributed by atoms with Crippen molar-refractivity contribution in [2.75, 3.05) is 7.05 Å². The van der Waals surface area contributed by atoms with Crippen LogP contribution in [0.1, 0.15) is 18.2 Å². The zero-order valence-electron chi connectivity index (χ0n) is 9.49. The number of rotatable bonds is 3. The summed E-state index contributed by atoms with van der Waals surface area (Å²) in [6.07, 6.45) is 5.57. The molecule has 0 aliphatic rings. The van der Waals surface area contributed by atoms with Gasteiger partial charge in [-0.1, -0.05) is 24.8 Å². The van der Waals surface area contributed by atoms with Gasteiger partial charge in [0.25, 0.3) is 0 Å². The Morgan fingerprint density at radius 1 is 1.53 bits per heavy atom. The molecule has 0 radical (unpaired) electrons. The van der Waals surface area contributed by atoms with E-state index in [0.717, 1.165) is 22.5 Å². The molecule has 0 N–H and O–H groups in total. The van der Waals surface area contributed by atoms with Gasteiger partial charge in [0.05, 0.1) is 11.4 Å². The number of hydrogen-bond acceptors (Lipinski definition) is 2. The minimum atomic E-state index is 0.894. The summed E-state index contributed by atoms with van der Waals surface area (Å²) in [6, 6.07) is 3.96. The monoisotopic (exact) mass is 200 g/mol. The standard InChI is InChI=1S/C13H16N2/c1-5-11(6-2)13(14-4)12-10(3)8-7-9-15-12/h5-9H,1H2,2-4H3/b11-6-,14-13+. The molecule has 15 heavy (non-hydrogen) atoms. The van der Waals surface area contributed by atoms with E-state index < -0.39 is 0 Å². The Morgan fingerprint density at radius 3 is 2.73 bits per heavy atom. The lowest BCUT2D eigenvalue weighted by atomic mass is 10.0. The van der Waals surface area contributed by atoms with Gasteiger partial charge in [0, 0.05) is 13.2 Å². The number of aryl methyl sites for hydroxylation is 1. The number of hydrogen-bond donors (Lipinski definition) is 0. The van der Waals surface area contributed by atoms with Gasteiger partial charge in [-0.2, -0.15) is 0 Å². The average Bonchev–Trinajstić information content (AvgIpc) is 2.27. The van der Waals surface area contributed by atoms with Crippen LogP contribution in [0.5, 0.6) is 0 Å². The molecule has 0 aromatic carbocycles. The van der Waals surface area contributed by atoms with E-state index in [1.54, 1.807) is 19.3 Å². The van der Waals surface area contributed by atoms with Crippen LogP contribution in [0.25, 0.3) is 0 Å². The highest BCUT2D eigenvalue weighted by molar-refractivity contribution is 6.13. The highest BCUT2D eigenvalue weighted by atomic mass is 14.8. The zero-order valence-corrected chi connectivity index (χ0v) is 9.49. The minimum absolute atomic E-state index is 0.894. The molecule has 0 spiro atoms. The molecule has 2 heteroatoms. The number of aromatic nitrogens is 1. The third-order valence-corrected chi connectivity index (χ3v) is 2.26. The fourth-order valence-electron chi connectivity index (χ4n) is 1.46. The van der Waals surface area contributed by atoms with Crippen molar-refractivity contribution in [3.63, 3.8) is 0 Å². The van der Waals surface area contributed by atoms with Crippen molar-refractivity contribution in [1.82, 2.24) is 4.98 Å². The lowest BCUT2D eigenvalue weighted by molar-refractivity contribution is 1.22. The third kappa shape index (κ3) is 2.40. The molecule has 0 bridgehead atoms. The van der Waals surface area contributed by atoms with Gasteiger partial charge in [0.15, 0.2) is 0 Å². The predicted octanol–water partition coefficient (Wildman–Crippen LogP) is 2.94. The Hall–Kier alpha value is -1.70. The first-order chi connectivity index (χ1) is 7.24. The van der Waals surface area contributed by atoms with Crippen molar-refractivity contribution < 1.29 is 0 Å². The molecular formula is C13H16N2. The van der Waals surface area contributed by atoms with Gasteiger partial charge in [0.2, 0.25) is 0 Å². The van der Waals surface area contributed by atoms with Crippen LogP contribution in [0.15, 0.2) is 47.6 Å². The van der Waals surface area contributed by atoms with Crippen LogP contribution in [-0.4, -0.2) is 17.7 Å². The van der Waals surface area contributed by atoms with Gasteiger partial charge in [0.1, 0.15) is 0 Å². The van der Waals surface area contributed by atoms with Gasteiger partial charge < -0.3 is 0 Å². The summed E-state index contributed by atoms with van der Waals surface area (Å²) in [5.41, 5.74) is 3.96. The Bertz CT molecular complexity index is 414. The van der Waals surface area contributed by atoms with E-state index in [2.05, 4.69) is 16.6 Å². The summed E-state index contributed by atoms with van der Waals surface area (Å²) in [6.45, 7) is 7.78. The van der Waals surface area contributed by atoms with Crippen LogP contribution < -0.4 is 0 Å². The molecule has 78 valence electrons. The van der Waals surface area contributed by atoms with Gasteiger partial charge >= 0.3 is 0 Å². The maximum atomic E-state index is 4.35. The van der Waals surface area contributed by atoms with Crippen molar-refractivity contribution in [2.45, 2.75) is 13.8 Å². The van der Waals surface area contributed by atoms with Crippen LogP contribution in [0.3, 0.4) is 0 Å². The molecule has 1 heterocycles. The summed E-state index contributed by atoms with van der Waals surface area (Å²) in [5.74, 6) is 0. The molecule has 0 saturated carbocycles. The quantitative estimate of drug-likeness (QED) is 0.544. The normalized spacial score (nSPS) is 12.7. The maximum Gasteiger partial charge on any atom is 0.0916 e. The molecule has 0 amide bonds. The maximum absolute atomic E-state index is 4.35. The van der Waals surface area contributed by atoms with Crippen LogP contribution >= 0.6 is 0 Å². The number of allylic oxidation sites excluding steroid dienone is 3. The molecule has 0 aliphatic heterocycles. The number of nitrogens with zero attached hydrogens (tertiary/aromatic N) is 2. The van der Waals surface area contributed by atoms with Gasteiger partial charge in [-0.15, -0.1) is 0 Å². The number of aliphatic imine (C=N–C) groups is 1. The van der Waals surface area contributed by atoms with Crippen molar-refractivity contribution in [3.8, 4) is 0 Å². The van der Waals surface area contributed by atoms with E-state index in [4.69, 9.17) is 0 Å². The van der Waals surface area contributed by atoms with Crippen molar-refractivity contribution in [1.29, 1.82) is 0 Å². The Kier molecular flexibility index (Phi) is 3.98. The minimum Gasteiger partial charge on any atom is -0.286 e. The van der Waals surface area contributed by atoms with Crippen molar-refractivity contribution >= 4 is 5.71 Å². The fourth-order valence-corrected chi connectivity index (χ4v) is 1.46. The Balaban J connectivity index is 3.27. The van der Waals surface area contributed by atoms with Crippen molar-refractivity contribution in [3.05, 3.63) is 53.9 Å². The molecule has 1 rings (SSSR count). The van der Waals surface area contributed by atoms with E-state index in [1.165, 1.54) is 0 Å². The summed E-state index contributed by atoms with van der Waals surface area (Å²) in [7, 11) is 1.77. The highest BCUT2D eigenvalue weighted by Gasteiger charge is 2.09. The van der Waals surface area contributed by atoms with Crippen LogP contribution in [0.4, 0.5) is 0 Å². The fraction of sp³-hybridized carbons (Fsp3) is 0.231. The topological polar surface area (TPSA) is 25.2 Å². The van der Waals surface area contributed by atoms with Gasteiger partial charge in [-0.3, -0.25) is 9.98 Å². The van der Waals surface area contributed by atoms with Gasteiger partial charge in [-0.05, 0) is 31.1 Å². The Morgan fingerprint density at radius 2 is 2.27 bits per heavy atom. The largest absolute Gasteiger partial charge is 0.286 e. The molecule has 2 nitrogen and oxygen atoms in total. The molecule has 0 fully saturated rings. The second-order valence-corrected chi connectivity index (χ2v) is 3.19. The van der Waals surface area contributed by atoms with E-state index in [9.17, 15) is 0 Å². The third-order valence-electron chi connectivity index (χ3n) is 2.26. The lowest BCUT2D eigenvalue weighted by Crippen LogP contribution is -2.07. The number of pyridine rings is 1. The van der Waals surface area contributed by atoms with Crippen LogP contribution in [0, 0.1) is 6.92 Å². The molecule has 1 aromatic rings. The molecule has 0 atom stereocenters. The summed E-state index contributed by atoms with van der Waals surface area (Å²) < 4.78 is 0. The second-order valence-electron chi connectivity index (χ2n) is 3.19. The van der Waals surface area contributed by atoms with E-state index >= 15 is 0 Å². The molecule has 0 aliphatic carbocycles. The predicted molar refractivity (Wildman–Crippen MR) is 65.4 cm³/mol. The van der Waals surface area contributed by atoms with Crippen LogP contribution in [-0.2, 0) is 0 Å². The first-order valence-corrected chi connectivity index (χ1v) is 4.92. The zero-order chi connectivity index (χ0) is 11.3. The first kappa shape index (κ1) is 11.4. The summed E-state index contributed by atoms with van der Waals surface area (Å²) in [4.78, 5) is 8.62. The Labute approximate surface area is 91.1 Å².